The first kappa shape index (κ1) is 39.2. The zero-order valence-corrected chi connectivity index (χ0v) is 35.4. The Kier molecular flexibility index (Phi) is 8.84. The van der Waals surface area contributed by atoms with Gasteiger partial charge in [0.15, 0.2) is 0 Å². The number of aromatic carboxylic acids is 3. The van der Waals surface area contributed by atoms with Crippen molar-refractivity contribution in [3.63, 3.8) is 0 Å². The lowest BCUT2D eigenvalue weighted by Gasteiger charge is -2.26. The van der Waals surface area contributed by atoms with Gasteiger partial charge in [0, 0.05) is 66.4 Å². The van der Waals surface area contributed by atoms with E-state index in [2.05, 4.69) is 110 Å². The Morgan fingerprint density at radius 2 is 0.552 bits per heavy atom. The predicted octanol–water partition coefficient (Wildman–Crippen LogP) is 13.5. The Hall–Kier alpha value is -9.41. The summed E-state index contributed by atoms with van der Waals surface area (Å²) >= 11 is 0. The average Bonchev–Trinajstić information content (AvgIpc) is 3.99. The molecule has 3 heterocycles. The van der Waals surface area contributed by atoms with Crippen LogP contribution in [-0.4, -0.2) is 46.9 Å². The molecule has 67 heavy (non-hydrogen) atoms. The highest BCUT2D eigenvalue weighted by Gasteiger charge is 2.22. The molecule has 0 aliphatic carbocycles. The van der Waals surface area contributed by atoms with Gasteiger partial charge >= 0.3 is 17.9 Å². The van der Waals surface area contributed by atoms with Crippen molar-refractivity contribution in [2.45, 2.75) is 0 Å². The monoisotopic (exact) mass is 872 g/mol. The Bertz CT molecular complexity index is 3600. The highest BCUT2D eigenvalue weighted by atomic mass is 16.4. The number of carboxylic acids is 3. The molecule has 0 unspecified atom stereocenters. The molecule has 10 nitrogen and oxygen atoms in total. The van der Waals surface area contributed by atoms with E-state index in [-0.39, 0.29) is 16.7 Å². The van der Waals surface area contributed by atoms with E-state index in [1.54, 1.807) is 36.4 Å². The minimum atomic E-state index is -0.979. The Balaban J connectivity index is 1.09. The van der Waals surface area contributed by atoms with Gasteiger partial charge in [-0.1, -0.05) is 54.6 Å². The summed E-state index contributed by atoms with van der Waals surface area (Å²) in [5, 5.41) is 35.1. The molecular weight excluding hydrogens is 837 g/mol. The van der Waals surface area contributed by atoms with Gasteiger partial charge in [-0.15, -0.1) is 0 Å². The van der Waals surface area contributed by atoms with Crippen molar-refractivity contribution in [1.82, 2.24) is 13.7 Å². The maximum atomic E-state index is 11.8. The van der Waals surface area contributed by atoms with Gasteiger partial charge < -0.3 is 33.9 Å². The van der Waals surface area contributed by atoms with Crippen LogP contribution >= 0.6 is 0 Å². The molecule has 12 aromatic rings. The average molecular weight is 873 g/mol. The van der Waals surface area contributed by atoms with Gasteiger partial charge in [-0.3, -0.25) is 0 Å². The number of nitrogens with zero attached hydrogens (tertiary/aromatic N) is 4. The fourth-order valence-corrected chi connectivity index (χ4v) is 9.84. The number of carbonyl (C=O) groups is 3. The summed E-state index contributed by atoms with van der Waals surface area (Å²) in [5.41, 5.74) is 11.8. The first-order valence-corrected chi connectivity index (χ1v) is 21.6. The van der Waals surface area contributed by atoms with Crippen LogP contribution in [0, 0.1) is 0 Å². The molecule has 0 bridgehead atoms. The quantitative estimate of drug-likeness (QED) is 0.132. The van der Waals surface area contributed by atoms with E-state index in [1.165, 1.54) is 0 Å². The molecule has 0 saturated carbocycles. The van der Waals surface area contributed by atoms with Gasteiger partial charge in [0.2, 0.25) is 0 Å². The molecular formula is C57H36N4O6. The summed E-state index contributed by atoms with van der Waals surface area (Å²) in [5.74, 6) is -2.94. The molecule has 3 aromatic heterocycles. The summed E-state index contributed by atoms with van der Waals surface area (Å²) in [6, 6.07) is 64.9. The fourth-order valence-electron chi connectivity index (χ4n) is 9.84. The standard InChI is InChI=1S/C57H36N4O6/c62-55(63)34-13-19-37(20-14-34)59-49-10-4-1-7-43(49)46-31-40(25-28-52(46)59)58(41-26-29-53-47(32-41)44-8-2-5-11-50(44)60(53)38-21-15-35(16-22-38)56(64)65)42-27-30-54-48(33-42)45-9-3-6-12-51(45)61(54)39-23-17-36(18-24-39)57(66)67/h1-33H,(H,62,63)(H,64,65)(H,66,67). The van der Waals surface area contributed by atoms with Crippen molar-refractivity contribution in [1.29, 1.82) is 0 Å². The van der Waals surface area contributed by atoms with Gasteiger partial charge in [-0.25, -0.2) is 14.4 Å². The summed E-state index contributed by atoms with van der Waals surface area (Å²) in [7, 11) is 0. The second-order valence-electron chi connectivity index (χ2n) is 16.6. The van der Waals surface area contributed by atoms with E-state index in [0.717, 1.165) is 99.5 Å². The third-order valence-electron chi connectivity index (χ3n) is 12.9. The topological polar surface area (TPSA) is 130 Å². The lowest BCUT2D eigenvalue weighted by molar-refractivity contribution is 0.0686. The Morgan fingerprint density at radius 1 is 0.299 bits per heavy atom. The number of para-hydroxylation sites is 3. The summed E-state index contributed by atoms with van der Waals surface area (Å²) in [6.07, 6.45) is 0. The number of aromatic nitrogens is 3. The largest absolute Gasteiger partial charge is 0.478 e. The van der Waals surface area contributed by atoms with Crippen LogP contribution in [0.25, 0.3) is 82.5 Å². The maximum Gasteiger partial charge on any atom is 0.335 e. The molecule has 0 radical (unpaired) electrons. The molecule has 0 spiro atoms. The van der Waals surface area contributed by atoms with Crippen LogP contribution in [0.1, 0.15) is 31.1 Å². The highest BCUT2D eigenvalue weighted by Crippen LogP contribution is 2.44. The van der Waals surface area contributed by atoms with Crippen LogP contribution in [-0.2, 0) is 0 Å². The van der Waals surface area contributed by atoms with E-state index in [9.17, 15) is 29.7 Å². The zero-order chi connectivity index (χ0) is 45.5. The van der Waals surface area contributed by atoms with Crippen LogP contribution in [0.4, 0.5) is 17.1 Å². The van der Waals surface area contributed by atoms with Crippen molar-refractivity contribution in [3.05, 3.63) is 217 Å². The molecule has 10 heteroatoms. The molecule has 0 amide bonds. The van der Waals surface area contributed by atoms with E-state index >= 15 is 0 Å². The molecule has 0 atom stereocenters. The minimum Gasteiger partial charge on any atom is -0.478 e. The number of hydrogen-bond acceptors (Lipinski definition) is 4. The van der Waals surface area contributed by atoms with Gasteiger partial charge in [-0.05, 0) is 146 Å². The maximum absolute atomic E-state index is 11.8. The van der Waals surface area contributed by atoms with Gasteiger partial charge in [0.1, 0.15) is 0 Å². The third kappa shape index (κ3) is 6.23. The van der Waals surface area contributed by atoms with Crippen LogP contribution in [0.2, 0.25) is 0 Å². The van der Waals surface area contributed by atoms with Crippen molar-refractivity contribution in [3.8, 4) is 17.1 Å². The molecule has 0 aliphatic rings. The van der Waals surface area contributed by atoms with Crippen LogP contribution in [0.15, 0.2) is 200 Å². The summed E-state index contributed by atoms with van der Waals surface area (Å²) in [6.45, 7) is 0. The van der Waals surface area contributed by atoms with Crippen molar-refractivity contribution in [2.24, 2.45) is 0 Å². The first-order chi connectivity index (χ1) is 32.7. The second kappa shape index (κ2) is 15.1. The molecule has 9 aromatic carbocycles. The zero-order valence-electron chi connectivity index (χ0n) is 35.4. The Labute approximate surface area is 381 Å². The SMILES string of the molecule is O=C(O)c1ccc(-n2c3ccccc3c3cc(N(c4ccc5c(c4)c4ccccc4n5-c4ccc(C(=O)O)cc4)c4ccc5c(c4)c4ccccc4n5-c4ccc(C(=O)O)cc4)ccc32)cc1. The molecule has 0 saturated heterocycles. The van der Waals surface area contributed by atoms with Gasteiger partial charge in [0.25, 0.3) is 0 Å². The number of fused-ring (bicyclic) bond motifs is 9. The second-order valence-corrected chi connectivity index (χ2v) is 16.6. The number of carboxylic acid groups (broad SMARTS) is 3. The lowest BCUT2D eigenvalue weighted by Crippen LogP contribution is -2.10. The number of rotatable bonds is 9. The third-order valence-corrected chi connectivity index (χ3v) is 12.9. The Morgan fingerprint density at radius 3 is 0.821 bits per heavy atom. The molecule has 12 rings (SSSR count). The highest BCUT2D eigenvalue weighted by molar-refractivity contribution is 6.14. The van der Waals surface area contributed by atoms with Crippen molar-refractivity contribution >= 4 is 100 Å². The van der Waals surface area contributed by atoms with Gasteiger partial charge in [-0.2, -0.15) is 0 Å². The lowest BCUT2D eigenvalue weighted by atomic mass is 10.1. The first-order valence-electron chi connectivity index (χ1n) is 21.6. The molecule has 320 valence electrons. The van der Waals surface area contributed by atoms with Crippen LogP contribution in [0.3, 0.4) is 0 Å². The smallest absolute Gasteiger partial charge is 0.335 e. The summed E-state index contributed by atoms with van der Waals surface area (Å²) < 4.78 is 6.49. The van der Waals surface area contributed by atoms with Gasteiger partial charge in [0.05, 0.1) is 49.8 Å². The number of hydrogen-bond donors (Lipinski definition) is 3. The minimum absolute atomic E-state index is 0.217. The van der Waals surface area contributed by atoms with E-state index in [4.69, 9.17) is 0 Å². The van der Waals surface area contributed by atoms with Crippen molar-refractivity contribution < 1.29 is 29.7 Å². The number of benzene rings is 9. The molecule has 0 fully saturated rings. The molecule has 0 aliphatic heterocycles. The normalized spacial score (nSPS) is 11.6. The van der Waals surface area contributed by atoms with Crippen LogP contribution < -0.4 is 4.90 Å². The molecule has 3 N–H and O–H groups in total. The van der Waals surface area contributed by atoms with E-state index in [1.807, 2.05) is 72.8 Å². The van der Waals surface area contributed by atoms with E-state index in [0.29, 0.717) is 0 Å². The van der Waals surface area contributed by atoms with Crippen LogP contribution in [0.5, 0.6) is 0 Å². The predicted molar refractivity (Wildman–Crippen MR) is 265 cm³/mol. The number of anilines is 3. The van der Waals surface area contributed by atoms with E-state index < -0.39 is 17.9 Å². The fraction of sp³-hybridized carbons (Fsp3) is 0. The summed E-state index contributed by atoms with van der Waals surface area (Å²) in [4.78, 5) is 37.6. The van der Waals surface area contributed by atoms with Crippen molar-refractivity contribution in [2.75, 3.05) is 4.90 Å².